The second-order valence-electron chi connectivity index (χ2n) is 8.80. The number of nitrogens with one attached hydrogen (secondary N) is 1. The van der Waals surface area contributed by atoms with Crippen molar-refractivity contribution in [1.29, 1.82) is 0 Å². The highest BCUT2D eigenvalue weighted by Crippen LogP contribution is 2.61. The number of carbonyl (C=O) groups excluding carboxylic acids is 1. The number of aliphatic hydroxyl groups is 1. The van der Waals surface area contributed by atoms with Crippen LogP contribution in [0, 0.1) is 0 Å². The van der Waals surface area contributed by atoms with Crippen LogP contribution in [0.25, 0.3) is 0 Å². The summed E-state index contributed by atoms with van der Waals surface area (Å²) in [6, 6.07) is 8.65. The average Bonchev–Trinajstić information content (AvgIpc) is 3.06. The van der Waals surface area contributed by atoms with E-state index in [2.05, 4.69) is 8.83 Å². The van der Waals surface area contributed by atoms with Crippen LogP contribution in [0.15, 0.2) is 52.2 Å². The molecule has 0 aliphatic carbocycles. The molecule has 3 rings (SSSR count). The average molecular weight is 546 g/mol. The molecule has 14 nitrogen and oxygen atoms in total. The van der Waals surface area contributed by atoms with Gasteiger partial charge in [0.15, 0.2) is 12.3 Å². The van der Waals surface area contributed by atoms with Gasteiger partial charge in [0.25, 0.3) is 13.4 Å². The van der Waals surface area contributed by atoms with Crippen molar-refractivity contribution in [2.75, 3.05) is 6.61 Å². The van der Waals surface area contributed by atoms with Gasteiger partial charge in [0.2, 0.25) is 0 Å². The SMILES string of the molecule is CC(C)(C)P(=O)([O-])OP(=O)([O-])OC[C@H]1O[C@@H](n2ccc(=O)[nH]c2=O)[C@@H](OC(=O)c2ccccc2)C1O. The first-order chi connectivity index (χ1) is 16.6. The molecule has 2 aromatic rings. The lowest BCUT2D eigenvalue weighted by atomic mass is 10.1. The molecule has 1 aliphatic rings. The molecule has 1 aromatic heterocycles. The molecular weight excluding hydrogens is 522 g/mol. The maximum atomic E-state index is 12.6. The minimum atomic E-state index is -5.43. The number of benzene rings is 1. The molecule has 0 amide bonds. The van der Waals surface area contributed by atoms with E-state index in [0.29, 0.717) is 0 Å². The first-order valence-electron chi connectivity index (χ1n) is 10.5. The van der Waals surface area contributed by atoms with Crippen molar-refractivity contribution in [3.05, 3.63) is 69.0 Å². The van der Waals surface area contributed by atoms with Crippen LogP contribution in [0.4, 0.5) is 0 Å². The van der Waals surface area contributed by atoms with Crippen molar-refractivity contribution in [3.63, 3.8) is 0 Å². The number of hydrogen-bond donors (Lipinski definition) is 2. The van der Waals surface area contributed by atoms with Crippen molar-refractivity contribution >= 4 is 21.4 Å². The van der Waals surface area contributed by atoms with Gasteiger partial charge >= 0.3 is 11.7 Å². The van der Waals surface area contributed by atoms with Gasteiger partial charge in [0, 0.05) is 17.4 Å². The Balaban J connectivity index is 1.83. The zero-order valence-electron chi connectivity index (χ0n) is 19.3. The molecule has 0 spiro atoms. The van der Waals surface area contributed by atoms with Crippen LogP contribution >= 0.6 is 15.4 Å². The number of aromatic amines is 1. The van der Waals surface area contributed by atoms with E-state index in [4.69, 9.17) is 9.47 Å². The number of H-pyrrole nitrogens is 1. The minimum absolute atomic E-state index is 0.114. The Morgan fingerprint density at radius 3 is 2.39 bits per heavy atom. The molecule has 6 atom stereocenters. The van der Waals surface area contributed by atoms with Gasteiger partial charge in [0.1, 0.15) is 19.8 Å². The van der Waals surface area contributed by atoms with Crippen LogP contribution < -0.4 is 21.0 Å². The number of esters is 1. The number of carbonyl (C=O) groups is 1. The summed E-state index contributed by atoms with van der Waals surface area (Å²) in [5.41, 5.74) is -1.57. The molecule has 1 aliphatic heterocycles. The highest BCUT2D eigenvalue weighted by Gasteiger charge is 2.48. The monoisotopic (exact) mass is 546 g/mol. The zero-order chi connectivity index (χ0) is 26.9. The van der Waals surface area contributed by atoms with E-state index >= 15 is 0 Å². The largest absolute Gasteiger partial charge is 0.778 e. The Morgan fingerprint density at radius 1 is 1.17 bits per heavy atom. The van der Waals surface area contributed by atoms with Crippen molar-refractivity contribution in [2.24, 2.45) is 0 Å². The van der Waals surface area contributed by atoms with Crippen LogP contribution in [0.5, 0.6) is 0 Å². The molecule has 198 valence electrons. The van der Waals surface area contributed by atoms with Gasteiger partial charge in [-0.15, -0.1) is 0 Å². The molecule has 2 N–H and O–H groups in total. The van der Waals surface area contributed by atoms with Crippen molar-refractivity contribution in [3.8, 4) is 0 Å². The second-order valence-corrected chi connectivity index (χ2v) is 12.9. The number of nitrogens with zero attached hydrogens (tertiary/aromatic N) is 1. The summed E-state index contributed by atoms with van der Waals surface area (Å²) in [6.45, 7) is 2.73. The third kappa shape index (κ3) is 6.47. The maximum absolute atomic E-state index is 12.6. The first-order valence-corrected chi connectivity index (χ1v) is 13.5. The fraction of sp³-hybridized carbons (Fsp3) is 0.450. The molecule has 0 bridgehead atoms. The molecular formula is C20H24N2O12P2-2. The Hall–Kier alpha value is -2.41. The van der Waals surface area contributed by atoms with Gasteiger partial charge in [-0.1, -0.05) is 39.0 Å². The maximum Gasteiger partial charge on any atom is 0.338 e. The summed E-state index contributed by atoms with van der Waals surface area (Å²) in [5.74, 6) is -0.886. The van der Waals surface area contributed by atoms with Crippen LogP contribution in [0.2, 0.25) is 0 Å². The van der Waals surface area contributed by atoms with Gasteiger partial charge in [-0.2, -0.15) is 0 Å². The molecule has 1 aromatic carbocycles. The van der Waals surface area contributed by atoms with Gasteiger partial charge in [-0.05, 0) is 12.1 Å². The molecule has 0 saturated carbocycles. The summed E-state index contributed by atoms with van der Waals surface area (Å²) in [6.07, 6.45) is -5.28. The van der Waals surface area contributed by atoms with E-state index in [1.54, 1.807) is 18.2 Å². The third-order valence-electron chi connectivity index (χ3n) is 5.12. The zero-order valence-corrected chi connectivity index (χ0v) is 21.1. The number of rotatable bonds is 8. The van der Waals surface area contributed by atoms with Gasteiger partial charge in [0.05, 0.1) is 12.2 Å². The third-order valence-corrected chi connectivity index (χ3v) is 8.89. The first kappa shape index (κ1) is 28.2. The normalized spacial score (nSPS) is 25.6. The highest BCUT2D eigenvalue weighted by atomic mass is 31.3. The van der Waals surface area contributed by atoms with E-state index in [0.717, 1.165) is 16.8 Å². The quantitative estimate of drug-likeness (QED) is 0.328. The lowest BCUT2D eigenvalue weighted by molar-refractivity contribution is -0.235. The van der Waals surface area contributed by atoms with E-state index < -0.39 is 68.9 Å². The predicted molar refractivity (Wildman–Crippen MR) is 119 cm³/mol. The topological polar surface area (TPSA) is 209 Å². The standard InChI is InChI=1S/C20H26N2O12P2/c1-20(2,3)35(27,28)34-36(29,30)31-11-13-15(24)16(33-18(25)12-7-5-4-6-8-12)17(32-13)22-10-9-14(23)21-19(22)26/h4-10,13,15-17,24H,11H2,1-3H3,(H,27,28)(H,29,30)(H,21,23,26)/p-2/t13-,15?,16+,17-/m1/s1. The van der Waals surface area contributed by atoms with Crippen LogP contribution in [0.1, 0.15) is 37.4 Å². The minimum Gasteiger partial charge on any atom is -0.778 e. The summed E-state index contributed by atoms with van der Waals surface area (Å²) >= 11 is 0. The van der Waals surface area contributed by atoms with Crippen LogP contribution in [0.3, 0.4) is 0 Å². The summed E-state index contributed by atoms with van der Waals surface area (Å²) in [4.78, 5) is 62.5. The van der Waals surface area contributed by atoms with E-state index in [1.165, 1.54) is 32.9 Å². The van der Waals surface area contributed by atoms with E-state index in [9.17, 15) is 38.4 Å². The molecule has 16 heteroatoms. The smallest absolute Gasteiger partial charge is 0.338 e. The number of phosphoric ester groups is 1. The Kier molecular flexibility index (Phi) is 8.23. The fourth-order valence-corrected chi connectivity index (χ4v) is 5.59. The van der Waals surface area contributed by atoms with Crippen LogP contribution in [-0.2, 0) is 27.4 Å². The van der Waals surface area contributed by atoms with Gasteiger partial charge in [-0.3, -0.25) is 23.2 Å². The molecule has 1 fully saturated rings. The number of phosphoric acid groups is 1. The Morgan fingerprint density at radius 2 is 1.81 bits per heavy atom. The fourth-order valence-electron chi connectivity index (χ4n) is 3.04. The van der Waals surface area contributed by atoms with Gasteiger partial charge < -0.3 is 33.5 Å². The number of ether oxygens (including phenoxy) is 2. The van der Waals surface area contributed by atoms with Crippen molar-refractivity contribution in [2.45, 2.75) is 50.5 Å². The highest BCUT2D eigenvalue weighted by molar-refractivity contribution is 7.63. The lowest BCUT2D eigenvalue weighted by Gasteiger charge is -2.39. The number of aromatic nitrogens is 2. The molecule has 0 radical (unpaired) electrons. The van der Waals surface area contributed by atoms with E-state index in [-0.39, 0.29) is 5.56 Å². The Bertz CT molecular complexity index is 1300. The van der Waals surface area contributed by atoms with Crippen molar-refractivity contribution in [1.82, 2.24) is 9.55 Å². The second kappa shape index (κ2) is 10.5. The summed E-state index contributed by atoms with van der Waals surface area (Å²) in [5, 5.41) is 9.21. The summed E-state index contributed by atoms with van der Waals surface area (Å²) in [7, 11) is -10.3. The van der Waals surface area contributed by atoms with Crippen molar-refractivity contribution < 1.29 is 47.1 Å². The van der Waals surface area contributed by atoms with E-state index in [1.807, 2.05) is 4.98 Å². The molecule has 3 unspecified atom stereocenters. The summed E-state index contributed by atoms with van der Waals surface area (Å²) < 4.78 is 44.8. The lowest BCUT2D eigenvalue weighted by Crippen LogP contribution is -2.40. The number of hydrogen-bond acceptors (Lipinski definition) is 12. The molecule has 36 heavy (non-hydrogen) atoms. The Labute approximate surface area is 204 Å². The number of aliphatic hydroxyl groups excluding tert-OH is 1. The van der Waals surface area contributed by atoms with Gasteiger partial charge in [-0.25, -0.2) is 9.59 Å². The molecule has 1 saturated heterocycles. The predicted octanol–water partition coefficient (Wildman–Crippen LogP) is -0.126. The molecule has 2 heterocycles. The van der Waals surface area contributed by atoms with Crippen LogP contribution in [-0.4, -0.2) is 50.7 Å².